The van der Waals surface area contributed by atoms with Crippen LogP contribution >= 0.6 is 0 Å². The van der Waals surface area contributed by atoms with Crippen LogP contribution < -0.4 is 4.74 Å². The summed E-state index contributed by atoms with van der Waals surface area (Å²) < 4.78 is 5.19. The predicted octanol–water partition coefficient (Wildman–Crippen LogP) is 5.20. The van der Waals surface area contributed by atoms with Crippen LogP contribution in [0, 0.1) is 13.8 Å². The molecule has 0 aliphatic rings. The normalized spacial score (nSPS) is 10.7. The Balaban J connectivity index is 1.93. The standard InChI is InChI=1S/C24H21N3O2/c1-15-6-4-8-17(12-15)22-25-23(18-9-5-7-16(2)13-18)27-24(26-22)20-11-10-19(29-3)14-21(20)28/h4-14,28H,1-3H3. The topological polar surface area (TPSA) is 68.1 Å². The van der Waals surface area contributed by atoms with E-state index in [4.69, 9.17) is 9.72 Å². The second-order valence-electron chi connectivity index (χ2n) is 6.93. The maximum atomic E-state index is 10.5. The highest BCUT2D eigenvalue weighted by atomic mass is 16.5. The molecule has 0 aliphatic carbocycles. The molecule has 1 aromatic heterocycles. The Morgan fingerprint density at radius 2 is 1.24 bits per heavy atom. The van der Waals surface area contributed by atoms with Crippen LogP contribution in [0.3, 0.4) is 0 Å². The van der Waals surface area contributed by atoms with Gasteiger partial charge in [0.15, 0.2) is 17.5 Å². The molecule has 0 radical (unpaired) electrons. The van der Waals surface area contributed by atoms with E-state index in [1.807, 2.05) is 62.4 Å². The summed E-state index contributed by atoms with van der Waals surface area (Å²) in [6, 6.07) is 21.1. The number of aryl methyl sites for hydroxylation is 2. The summed E-state index contributed by atoms with van der Waals surface area (Å²) >= 11 is 0. The van der Waals surface area contributed by atoms with Gasteiger partial charge in [0.05, 0.1) is 12.7 Å². The second-order valence-corrected chi connectivity index (χ2v) is 6.93. The van der Waals surface area contributed by atoms with E-state index in [1.165, 1.54) is 0 Å². The van der Waals surface area contributed by atoms with E-state index in [2.05, 4.69) is 9.97 Å². The fraction of sp³-hybridized carbons (Fsp3) is 0.125. The van der Waals surface area contributed by atoms with Gasteiger partial charge in [-0.15, -0.1) is 0 Å². The zero-order valence-corrected chi connectivity index (χ0v) is 16.5. The number of aromatic hydroxyl groups is 1. The summed E-state index contributed by atoms with van der Waals surface area (Å²) in [6.07, 6.45) is 0. The molecule has 0 aliphatic heterocycles. The molecule has 0 fully saturated rings. The lowest BCUT2D eigenvalue weighted by Gasteiger charge is -2.10. The van der Waals surface area contributed by atoms with Crippen molar-refractivity contribution in [2.24, 2.45) is 0 Å². The van der Waals surface area contributed by atoms with Crippen molar-refractivity contribution < 1.29 is 9.84 Å². The van der Waals surface area contributed by atoms with E-state index >= 15 is 0 Å². The molecule has 0 saturated carbocycles. The maximum absolute atomic E-state index is 10.5. The van der Waals surface area contributed by atoms with Gasteiger partial charge in [0.1, 0.15) is 11.5 Å². The molecular formula is C24H21N3O2. The molecule has 3 aromatic carbocycles. The van der Waals surface area contributed by atoms with Crippen molar-refractivity contribution in [3.63, 3.8) is 0 Å². The van der Waals surface area contributed by atoms with Crippen LogP contribution in [-0.4, -0.2) is 27.2 Å². The van der Waals surface area contributed by atoms with Gasteiger partial charge in [-0.1, -0.05) is 47.5 Å². The van der Waals surface area contributed by atoms with Gasteiger partial charge in [-0.3, -0.25) is 0 Å². The number of benzene rings is 3. The molecule has 0 bridgehead atoms. The summed E-state index contributed by atoms with van der Waals surface area (Å²) in [6.45, 7) is 4.06. The minimum absolute atomic E-state index is 0.0564. The first-order valence-electron chi connectivity index (χ1n) is 9.31. The maximum Gasteiger partial charge on any atom is 0.167 e. The van der Waals surface area contributed by atoms with Crippen LogP contribution in [0.5, 0.6) is 11.5 Å². The van der Waals surface area contributed by atoms with E-state index in [1.54, 1.807) is 25.3 Å². The molecule has 5 nitrogen and oxygen atoms in total. The second kappa shape index (κ2) is 7.72. The number of ether oxygens (including phenoxy) is 1. The van der Waals surface area contributed by atoms with Crippen LogP contribution in [-0.2, 0) is 0 Å². The van der Waals surface area contributed by atoms with Gasteiger partial charge >= 0.3 is 0 Å². The molecule has 5 heteroatoms. The monoisotopic (exact) mass is 383 g/mol. The fourth-order valence-electron chi connectivity index (χ4n) is 3.15. The third kappa shape index (κ3) is 3.94. The number of aromatic nitrogens is 3. The molecule has 0 atom stereocenters. The molecule has 0 saturated heterocycles. The molecule has 0 spiro atoms. The summed E-state index contributed by atoms with van der Waals surface area (Å²) in [5.41, 5.74) is 4.56. The fourth-order valence-corrected chi connectivity index (χ4v) is 3.15. The largest absolute Gasteiger partial charge is 0.507 e. The minimum Gasteiger partial charge on any atom is -0.507 e. The Morgan fingerprint density at radius 1 is 0.690 bits per heavy atom. The first kappa shape index (κ1) is 18.6. The summed E-state index contributed by atoms with van der Waals surface area (Å²) in [5, 5.41) is 10.5. The average Bonchev–Trinajstić information content (AvgIpc) is 2.73. The molecule has 29 heavy (non-hydrogen) atoms. The number of nitrogens with zero attached hydrogens (tertiary/aromatic N) is 3. The van der Waals surface area contributed by atoms with E-state index in [0.717, 1.165) is 22.3 Å². The van der Waals surface area contributed by atoms with Gasteiger partial charge in [0, 0.05) is 17.2 Å². The quantitative estimate of drug-likeness (QED) is 0.524. The van der Waals surface area contributed by atoms with E-state index < -0.39 is 0 Å². The number of rotatable bonds is 4. The Kier molecular flexibility index (Phi) is 4.96. The van der Waals surface area contributed by atoms with Crippen LogP contribution in [0.1, 0.15) is 11.1 Å². The average molecular weight is 383 g/mol. The van der Waals surface area contributed by atoms with E-state index in [9.17, 15) is 5.11 Å². The van der Waals surface area contributed by atoms with Gasteiger partial charge in [0.25, 0.3) is 0 Å². The Bertz CT molecular complexity index is 1120. The van der Waals surface area contributed by atoms with Crippen LogP contribution in [0.4, 0.5) is 0 Å². The number of hydrogen-bond donors (Lipinski definition) is 1. The summed E-state index contributed by atoms with van der Waals surface area (Å²) in [4.78, 5) is 14.0. The molecule has 1 heterocycles. The van der Waals surface area contributed by atoms with E-state index in [0.29, 0.717) is 28.8 Å². The van der Waals surface area contributed by atoms with Gasteiger partial charge in [-0.2, -0.15) is 0 Å². The lowest BCUT2D eigenvalue weighted by Crippen LogP contribution is -2.00. The highest BCUT2D eigenvalue weighted by Gasteiger charge is 2.15. The zero-order chi connectivity index (χ0) is 20.4. The number of methoxy groups -OCH3 is 1. The molecule has 0 amide bonds. The summed E-state index contributed by atoms with van der Waals surface area (Å²) in [7, 11) is 1.56. The molecule has 4 aromatic rings. The number of phenolic OH excluding ortho intramolecular Hbond substituents is 1. The smallest absolute Gasteiger partial charge is 0.167 e. The van der Waals surface area contributed by atoms with Crippen LogP contribution in [0.25, 0.3) is 34.2 Å². The first-order valence-corrected chi connectivity index (χ1v) is 9.31. The molecule has 144 valence electrons. The highest BCUT2D eigenvalue weighted by molar-refractivity contribution is 5.70. The van der Waals surface area contributed by atoms with Gasteiger partial charge in [-0.05, 0) is 38.1 Å². The van der Waals surface area contributed by atoms with Crippen LogP contribution in [0.2, 0.25) is 0 Å². The van der Waals surface area contributed by atoms with Crippen molar-refractivity contribution in [1.29, 1.82) is 0 Å². The predicted molar refractivity (Wildman–Crippen MR) is 114 cm³/mol. The van der Waals surface area contributed by atoms with Crippen molar-refractivity contribution >= 4 is 0 Å². The first-order chi connectivity index (χ1) is 14.0. The number of phenols is 1. The van der Waals surface area contributed by atoms with Crippen molar-refractivity contribution in [3.8, 4) is 45.7 Å². The van der Waals surface area contributed by atoms with E-state index in [-0.39, 0.29) is 5.75 Å². The van der Waals surface area contributed by atoms with Crippen molar-refractivity contribution in [2.45, 2.75) is 13.8 Å². The molecule has 4 rings (SSSR count). The highest BCUT2D eigenvalue weighted by Crippen LogP contribution is 2.32. The third-order valence-corrected chi connectivity index (χ3v) is 4.63. The molecule has 1 N–H and O–H groups in total. The van der Waals surface area contributed by atoms with Gasteiger partial charge < -0.3 is 9.84 Å². The minimum atomic E-state index is 0.0564. The molecule has 0 unspecified atom stereocenters. The SMILES string of the molecule is COc1ccc(-c2nc(-c3cccc(C)c3)nc(-c3cccc(C)c3)n2)c(O)c1. The van der Waals surface area contributed by atoms with Crippen molar-refractivity contribution in [1.82, 2.24) is 15.0 Å². The van der Waals surface area contributed by atoms with Gasteiger partial charge in [-0.25, -0.2) is 15.0 Å². The van der Waals surface area contributed by atoms with Crippen molar-refractivity contribution in [2.75, 3.05) is 7.11 Å². The third-order valence-electron chi connectivity index (χ3n) is 4.63. The molecular weight excluding hydrogens is 362 g/mol. The van der Waals surface area contributed by atoms with Crippen LogP contribution in [0.15, 0.2) is 66.7 Å². The Labute approximate surface area is 169 Å². The lowest BCUT2D eigenvalue weighted by molar-refractivity contribution is 0.408. The number of hydrogen-bond acceptors (Lipinski definition) is 5. The zero-order valence-electron chi connectivity index (χ0n) is 16.5. The van der Waals surface area contributed by atoms with Crippen molar-refractivity contribution in [3.05, 3.63) is 77.9 Å². The lowest BCUT2D eigenvalue weighted by atomic mass is 10.1. The Hall–Kier alpha value is -3.73. The van der Waals surface area contributed by atoms with Gasteiger partial charge in [0.2, 0.25) is 0 Å². The summed E-state index contributed by atoms with van der Waals surface area (Å²) in [5.74, 6) is 2.16. The Morgan fingerprint density at radius 3 is 1.72 bits per heavy atom.